The number of imidazole rings is 1. The van der Waals surface area contributed by atoms with E-state index in [-0.39, 0.29) is 0 Å². The van der Waals surface area contributed by atoms with Gasteiger partial charge in [0.15, 0.2) is 0 Å². The minimum atomic E-state index is -1.34. The molecule has 0 saturated heterocycles. The second-order valence-electron chi connectivity index (χ2n) is 3.45. The predicted molar refractivity (Wildman–Crippen MR) is 45.5 cm³/mol. The first-order valence-electron chi connectivity index (χ1n) is 3.92. The van der Waals surface area contributed by atoms with Crippen molar-refractivity contribution < 1.29 is 4.39 Å². The quantitative estimate of drug-likeness (QED) is 0.713. The van der Waals surface area contributed by atoms with Crippen LogP contribution in [0.3, 0.4) is 0 Å². The minimum absolute atomic E-state index is 0.488. The minimum Gasteiger partial charge on any atom is -0.348 e. The Morgan fingerprint density at radius 1 is 1.75 bits per heavy atom. The fourth-order valence-corrected chi connectivity index (χ4v) is 0.876. The summed E-state index contributed by atoms with van der Waals surface area (Å²) in [7, 11) is 0. The number of hydrogen-bond acceptors (Lipinski definition) is 2. The van der Waals surface area contributed by atoms with Gasteiger partial charge in [0.2, 0.25) is 0 Å². The molecule has 4 heteroatoms. The Balaban J connectivity index is 2.53. The molecule has 1 aromatic rings. The van der Waals surface area contributed by atoms with E-state index in [0.29, 0.717) is 6.42 Å². The topological polar surface area (TPSA) is 54.7 Å². The Morgan fingerprint density at radius 3 is 2.83 bits per heavy atom. The Morgan fingerprint density at radius 2 is 2.42 bits per heavy atom. The second kappa shape index (κ2) is 3.23. The van der Waals surface area contributed by atoms with Gasteiger partial charge in [0.25, 0.3) is 0 Å². The average Bonchev–Trinajstić information content (AvgIpc) is 2.37. The van der Waals surface area contributed by atoms with E-state index in [4.69, 9.17) is 5.73 Å². The fraction of sp³-hybridized carbons (Fsp3) is 0.625. The van der Waals surface area contributed by atoms with E-state index >= 15 is 0 Å². The first-order chi connectivity index (χ1) is 5.50. The van der Waals surface area contributed by atoms with Crippen LogP contribution in [0, 0.1) is 0 Å². The van der Waals surface area contributed by atoms with Crippen molar-refractivity contribution in [2.24, 2.45) is 5.73 Å². The van der Waals surface area contributed by atoms with Crippen LogP contribution in [0.1, 0.15) is 19.5 Å². The summed E-state index contributed by atoms with van der Waals surface area (Å²) in [6.07, 6.45) is 3.71. The molecule has 0 saturated carbocycles. The second-order valence-corrected chi connectivity index (χ2v) is 3.45. The number of halogens is 1. The van der Waals surface area contributed by atoms with Crippen molar-refractivity contribution in [3.63, 3.8) is 0 Å². The van der Waals surface area contributed by atoms with Crippen LogP contribution in [-0.4, -0.2) is 21.7 Å². The molecule has 1 rings (SSSR count). The van der Waals surface area contributed by atoms with Crippen LogP contribution >= 0.6 is 0 Å². The third-order valence-corrected chi connectivity index (χ3v) is 1.88. The van der Waals surface area contributed by atoms with Crippen molar-refractivity contribution in [1.29, 1.82) is 0 Å². The van der Waals surface area contributed by atoms with Crippen LogP contribution in [0.4, 0.5) is 4.39 Å². The normalized spacial score (nSPS) is 14.7. The smallest absolute Gasteiger partial charge is 0.120 e. The molecule has 1 heterocycles. The summed E-state index contributed by atoms with van der Waals surface area (Å²) in [4.78, 5) is 6.71. The molecule has 0 amide bonds. The third kappa shape index (κ3) is 2.30. The zero-order valence-electron chi connectivity index (χ0n) is 7.34. The molecule has 3 N–H and O–H groups in total. The summed E-state index contributed by atoms with van der Waals surface area (Å²) in [5.74, 6) is 0. The standard InChI is InChI=1S/C8H14FN3/c1-8(2,9)7(10)3-6-4-11-5-12-6/h4-5,7H,3,10H2,1-2H3,(H,11,12)/t7-/m0/s1. The molecule has 0 aromatic carbocycles. The molecule has 1 aromatic heterocycles. The first kappa shape index (κ1) is 9.19. The summed E-state index contributed by atoms with van der Waals surface area (Å²) in [5.41, 5.74) is 5.15. The SMILES string of the molecule is CC(C)(F)[C@@H](N)Cc1cnc[nH]1. The van der Waals surface area contributed by atoms with E-state index in [1.165, 1.54) is 13.8 Å². The zero-order valence-corrected chi connectivity index (χ0v) is 7.34. The molecule has 68 valence electrons. The van der Waals surface area contributed by atoms with Crippen molar-refractivity contribution in [3.05, 3.63) is 18.2 Å². The molecule has 1 atom stereocenters. The van der Waals surface area contributed by atoms with Gasteiger partial charge in [-0.2, -0.15) is 0 Å². The molecular weight excluding hydrogens is 157 g/mol. The number of aromatic nitrogens is 2. The summed E-state index contributed by atoms with van der Waals surface area (Å²) in [5, 5.41) is 0. The van der Waals surface area contributed by atoms with Gasteiger partial charge in [-0.05, 0) is 13.8 Å². The van der Waals surface area contributed by atoms with Gasteiger partial charge in [0.1, 0.15) is 5.67 Å². The van der Waals surface area contributed by atoms with Crippen LogP contribution in [0.5, 0.6) is 0 Å². The molecule has 12 heavy (non-hydrogen) atoms. The van der Waals surface area contributed by atoms with Gasteiger partial charge in [0, 0.05) is 24.4 Å². The van der Waals surface area contributed by atoms with E-state index < -0.39 is 11.7 Å². The van der Waals surface area contributed by atoms with Gasteiger partial charge >= 0.3 is 0 Å². The number of hydrogen-bond donors (Lipinski definition) is 2. The Kier molecular flexibility index (Phi) is 2.47. The highest BCUT2D eigenvalue weighted by Crippen LogP contribution is 2.15. The fourth-order valence-electron chi connectivity index (χ4n) is 0.876. The lowest BCUT2D eigenvalue weighted by Crippen LogP contribution is -2.41. The largest absolute Gasteiger partial charge is 0.348 e. The number of aromatic amines is 1. The van der Waals surface area contributed by atoms with E-state index in [1.54, 1.807) is 12.5 Å². The Hall–Kier alpha value is -0.900. The van der Waals surface area contributed by atoms with Gasteiger partial charge in [-0.25, -0.2) is 9.37 Å². The molecule has 0 bridgehead atoms. The van der Waals surface area contributed by atoms with Crippen LogP contribution < -0.4 is 5.73 Å². The van der Waals surface area contributed by atoms with E-state index in [9.17, 15) is 4.39 Å². The lowest BCUT2D eigenvalue weighted by molar-refractivity contribution is 0.172. The number of nitrogens with zero attached hydrogens (tertiary/aromatic N) is 1. The molecule has 3 nitrogen and oxygen atoms in total. The van der Waals surface area contributed by atoms with Gasteiger partial charge < -0.3 is 10.7 Å². The maximum absolute atomic E-state index is 13.2. The molecule has 0 spiro atoms. The van der Waals surface area contributed by atoms with Crippen LogP contribution in [0.2, 0.25) is 0 Å². The third-order valence-electron chi connectivity index (χ3n) is 1.88. The highest BCUT2D eigenvalue weighted by molar-refractivity contribution is 5.00. The van der Waals surface area contributed by atoms with Crippen LogP contribution in [0.25, 0.3) is 0 Å². The summed E-state index contributed by atoms with van der Waals surface area (Å²) < 4.78 is 13.2. The van der Waals surface area contributed by atoms with E-state index in [2.05, 4.69) is 9.97 Å². The van der Waals surface area contributed by atoms with Crippen LogP contribution in [0.15, 0.2) is 12.5 Å². The lowest BCUT2D eigenvalue weighted by Gasteiger charge is -2.21. The van der Waals surface area contributed by atoms with Crippen molar-refractivity contribution in [1.82, 2.24) is 9.97 Å². The highest BCUT2D eigenvalue weighted by Gasteiger charge is 2.25. The Bertz CT molecular complexity index is 225. The van der Waals surface area contributed by atoms with E-state index in [1.807, 2.05) is 0 Å². The van der Waals surface area contributed by atoms with Crippen molar-refractivity contribution in [2.45, 2.75) is 32.0 Å². The maximum Gasteiger partial charge on any atom is 0.120 e. The van der Waals surface area contributed by atoms with Crippen LogP contribution in [-0.2, 0) is 6.42 Å². The highest BCUT2D eigenvalue weighted by atomic mass is 19.1. The molecule has 0 aliphatic heterocycles. The summed E-state index contributed by atoms with van der Waals surface area (Å²) in [6.45, 7) is 2.96. The van der Waals surface area contributed by atoms with Crippen molar-refractivity contribution >= 4 is 0 Å². The first-order valence-corrected chi connectivity index (χ1v) is 3.92. The number of alkyl halides is 1. The molecule has 0 aliphatic rings. The van der Waals surface area contributed by atoms with Gasteiger partial charge in [-0.15, -0.1) is 0 Å². The summed E-state index contributed by atoms with van der Waals surface area (Å²) >= 11 is 0. The maximum atomic E-state index is 13.2. The lowest BCUT2D eigenvalue weighted by atomic mass is 9.98. The Labute approximate surface area is 71.2 Å². The molecule has 0 unspecified atom stereocenters. The van der Waals surface area contributed by atoms with Gasteiger partial charge in [0.05, 0.1) is 6.33 Å². The number of nitrogens with one attached hydrogen (secondary N) is 1. The van der Waals surface area contributed by atoms with Gasteiger partial charge in [-0.1, -0.05) is 0 Å². The molecule has 0 radical (unpaired) electrons. The average molecular weight is 171 g/mol. The van der Waals surface area contributed by atoms with Crippen molar-refractivity contribution in [3.8, 4) is 0 Å². The van der Waals surface area contributed by atoms with Crippen molar-refractivity contribution in [2.75, 3.05) is 0 Å². The monoisotopic (exact) mass is 171 g/mol. The molecule has 0 fully saturated rings. The van der Waals surface area contributed by atoms with Gasteiger partial charge in [-0.3, -0.25) is 0 Å². The number of nitrogens with two attached hydrogens (primary N) is 1. The molecule has 0 aliphatic carbocycles. The zero-order chi connectivity index (χ0) is 9.19. The molecular formula is C8H14FN3. The predicted octanol–water partition coefficient (Wildman–Crippen LogP) is 1.03. The number of rotatable bonds is 3. The summed E-state index contributed by atoms with van der Waals surface area (Å²) in [6, 6.07) is -0.488. The van der Waals surface area contributed by atoms with E-state index in [0.717, 1.165) is 5.69 Å². The number of H-pyrrole nitrogens is 1.